The van der Waals surface area contributed by atoms with Crippen molar-refractivity contribution in [3.63, 3.8) is 0 Å². The van der Waals surface area contributed by atoms with Gasteiger partial charge in [-0.3, -0.25) is 4.79 Å². The molecule has 0 radical (unpaired) electrons. The van der Waals surface area contributed by atoms with Gasteiger partial charge < -0.3 is 9.64 Å². The fourth-order valence-corrected chi connectivity index (χ4v) is 7.56. The van der Waals surface area contributed by atoms with E-state index in [0.29, 0.717) is 35.5 Å². The number of carbonyl (C=O) groups excluding carboxylic acids is 1. The smallest absolute Gasteiger partial charge is 0.222 e. The number of hydrogen-bond acceptors (Lipinski definition) is 2. The lowest BCUT2D eigenvalue weighted by atomic mass is 9.47. The topological polar surface area (TPSA) is 29.5 Å². The minimum absolute atomic E-state index is 0.326. The summed E-state index contributed by atoms with van der Waals surface area (Å²) in [5.41, 5.74) is 0.677. The number of piperidine rings is 1. The van der Waals surface area contributed by atoms with Crippen molar-refractivity contribution in [2.75, 3.05) is 13.7 Å². The van der Waals surface area contributed by atoms with Crippen molar-refractivity contribution < 1.29 is 9.53 Å². The van der Waals surface area contributed by atoms with E-state index in [-0.39, 0.29) is 0 Å². The lowest BCUT2D eigenvalue weighted by molar-refractivity contribution is -0.161. The number of ether oxygens (including phenoxy) is 1. The Bertz CT molecular complexity index is 560. The van der Waals surface area contributed by atoms with Crippen LogP contribution in [0.3, 0.4) is 0 Å². The fraction of sp³-hybridized carbons (Fsp3) is 0.864. The SMILES string of the molecule is C=CCOC1CC[C@H]2[C@@H]3CC[C@H]4N(C)C(=O)CC[C@]4(C)[C@H]3CC[C@]12C. The zero-order valence-corrected chi connectivity index (χ0v) is 16.3. The summed E-state index contributed by atoms with van der Waals surface area (Å²) in [6.07, 6.45) is 11.8. The number of fused-ring (bicyclic) bond motifs is 5. The van der Waals surface area contributed by atoms with Crippen LogP contribution in [-0.4, -0.2) is 36.6 Å². The summed E-state index contributed by atoms with van der Waals surface area (Å²) < 4.78 is 6.20. The second-order valence-electron chi connectivity index (χ2n) is 9.71. The van der Waals surface area contributed by atoms with Gasteiger partial charge in [-0.05, 0) is 73.5 Å². The third-order valence-corrected chi connectivity index (χ3v) is 8.89. The molecule has 140 valence electrons. The van der Waals surface area contributed by atoms with Crippen molar-refractivity contribution in [2.45, 2.75) is 77.4 Å². The Morgan fingerprint density at radius 2 is 1.88 bits per heavy atom. The lowest BCUT2D eigenvalue weighted by Gasteiger charge is -2.61. The highest BCUT2D eigenvalue weighted by Crippen LogP contribution is 2.65. The maximum atomic E-state index is 12.2. The minimum atomic E-state index is 0.326. The molecule has 4 fully saturated rings. The van der Waals surface area contributed by atoms with Gasteiger partial charge in [0.2, 0.25) is 5.91 Å². The summed E-state index contributed by atoms with van der Waals surface area (Å²) >= 11 is 0. The van der Waals surface area contributed by atoms with Crippen LogP contribution in [0.5, 0.6) is 0 Å². The summed E-state index contributed by atoms with van der Waals surface area (Å²) in [7, 11) is 2.05. The summed E-state index contributed by atoms with van der Waals surface area (Å²) in [5.74, 6) is 2.79. The molecule has 3 nitrogen and oxygen atoms in total. The number of rotatable bonds is 3. The second kappa shape index (κ2) is 6.11. The molecule has 1 saturated heterocycles. The van der Waals surface area contributed by atoms with Crippen LogP contribution in [0, 0.1) is 28.6 Å². The first-order chi connectivity index (χ1) is 11.9. The van der Waals surface area contributed by atoms with Gasteiger partial charge >= 0.3 is 0 Å². The number of nitrogens with zero attached hydrogens (tertiary/aromatic N) is 1. The molecule has 0 aromatic carbocycles. The summed E-state index contributed by atoms with van der Waals surface area (Å²) in [6.45, 7) is 9.51. The molecule has 3 aliphatic carbocycles. The number of hydrogen-bond donors (Lipinski definition) is 0. The average molecular weight is 346 g/mol. The Morgan fingerprint density at radius 3 is 2.64 bits per heavy atom. The summed E-state index contributed by atoms with van der Waals surface area (Å²) in [4.78, 5) is 14.3. The fourth-order valence-electron chi connectivity index (χ4n) is 7.56. The molecule has 1 aliphatic heterocycles. The largest absolute Gasteiger partial charge is 0.374 e. The average Bonchev–Trinajstić information content (AvgIpc) is 2.93. The molecule has 0 aromatic heterocycles. The van der Waals surface area contributed by atoms with Crippen LogP contribution in [0.25, 0.3) is 0 Å². The van der Waals surface area contributed by atoms with E-state index in [9.17, 15) is 4.79 Å². The van der Waals surface area contributed by atoms with Crippen LogP contribution in [-0.2, 0) is 9.53 Å². The van der Waals surface area contributed by atoms with Crippen LogP contribution >= 0.6 is 0 Å². The predicted molar refractivity (Wildman–Crippen MR) is 100 cm³/mol. The molecule has 1 heterocycles. The van der Waals surface area contributed by atoms with Crippen molar-refractivity contribution in [1.82, 2.24) is 4.90 Å². The quantitative estimate of drug-likeness (QED) is 0.709. The monoisotopic (exact) mass is 345 g/mol. The highest BCUT2D eigenvalue weighted by molar-refractivity contribution is 5.77. The second-order valence-corrected chi connectivity index (χ2v) is 9.71. The van der Waals surface area contributed by atoms with Crippen molar-refractivity contribution in [3.05, 3.63) is 12.7 Å². The summed E-state index contributed by atoms with van der Waals surface area (Å²) in [5, 5.41) is 0. The van der Waals surface area contributed by atoms with Crippen LogP contribution in [0.1, 0.15) is 65.2 Å². The molecular formula is C22H35NO2. The van der Waals surface area contributed by atoms with Crippen molar-refractivity contribution in [2.24, 2.45) is 28.6 Å². The molecule has 0 spiro atoms. The Morgan fingerprint density at radius 1 is 1.12 bits per heavy atom. The minimum Gasteiger partial charge on any atom is -0.374 e. The van der Waals surface area contributed by atoms with E-state index in [1.165, 1.54) is 38.5 Å². The van der Waals surface area contributed by atoms with E-state index < -0.39 is 0 Å². The molecule has 1 amide bonds. The Balaban J connectivity index is 1.58. The maximum absolute atomic E-state index is 12.2. The molecule has 4 rings (SSSR count). The molecule has 7 atom stereocenters. The van der Waals surface area contributed by atoms with Gasteiger partial charge in [-0.1, -0.05) is 19.9 Å². The van der Waals surface area contributed by atoms with Gasteiger partial charge in [0.05, 0.1) is 12.7 Å². The van der Waals surface area contributed by atoms with E-state index in [0.717, 1.165) is 30.6 Å². The zero-order chi connectivity index (χ0) is 17.8. The van der Waals surface area contributed by atoms with Gasteiger partial charge in [0, 0.05) is 19.5 Å². The molecule has 0 N–H and O–H groups in total. The molecule has 1 unspecified atom stereocenters. The molecular weight excluding hydrogens is 310 g/mol. The van der Waals surface area contributed by atoms with Crippen LogP contribution in [0.4, 0.5) is 0 Å². The summed E-state index contributed by atoms with van der Waals surface area (Å²) in [6, 6.07) is 0.466. The first-order valence-corrected chi connectivity index (χ1v) is 10.4. The Hall–Kier alpha value is -0.830. The lowest BCUT2D eigenvalue weighted by Crippen LogP contribution is -2.61. The normalized spacial score (nSPS) is 49.3. The van der Waals surface area contributed by atoms with Gasteiger partial charge in [0.15, 0.2) is 0 Å². The zero-order valence-electron chi connectivity index (χ0n) is 16.3. The molecule has 4 aliphatic rings. The number of amides is 1. The molecule has 0 bridgehead atoms. The Labute approximate surface area is 153 Å². The van der Waals surface area contributed by atoms with E-state index in [1.54, 1.807) is 0 Å². The molecule has 0 aromatic rings. The van der Waals surface area contributed by atoms with Crippen LogP contribution in [0.15, 0.2) is 12.7 Å². The maximum Gasteiger partial charge on any atom is 0.222 e. The first kappa shape index (κ1) is 17.6. The van der Waals surface area contributed by atoms with Crippen molar-refractivity contribution in [3.8, 4) is 0 Å². The van der Waals surface area contributed by atoms with E-state index >= 15 is 0 Å². The van der Waals surface area contributed by atoms with Gasteiger partial charge in [0.1, 0.15) is 0 Å². The third kappa shape index (κ3) is 2.44. The van der Waals surface area contributed by atoms with Gasteiger partial charge in [0.25, 0.3) is 0 Å². The van der Waals surface area contributed by atoms with Gasteiger partial charge in [-0.15, -0.1) is 6.58 Å². The molecule has 3 saturated carbocycles. The predicted octanol–water partition coefficient (Wildman–Crippen LogP) is 4.42. The molecule has 3 heteroatoms. The highest BCUT2D eigenvalue weighted by atomic mass is 16.5. The van der Waals surface area contributed by atoms with E-state index in [1.807, 2.05) is 13.1 Å². The third-order valence-electron chi connectivity index (χ3n) is 8.89. The van der Waals surface area contributed by atoms with Crippen LogP contribution < -0.4 is 0 Å². The standard InChI is InChI=1S/C22H35NO2/c1-5-14-25-19-9-7-16-15-6-8-18-21(2,13-11-20(24)23(18)4)17(15)10-12-22(16,19)3/h5,15-19H,1,6-14H2,2-4H3/t15-,16-,17-,18+,19?,21+,22-/m0/s1. The highest BCUT2D eigenvalue weighted by Gasteiger charge is 2.61. The first-order valence-electron chi connectivity index (χ1n) is 10.4. The van der Waals surface area contributed by atoms with Crippen molar-refractivity contribution >= 4 is 5.91 Å². The molecule has 25 heavy (non-hydrogen) atoms. The van der Waals surface area contributed by atoms with Crippen LogP contribution in [0.2, 0.25) is 0 Å². The van der Waals surface area contributed by atoms with E-state index in [2.05, 4.69) is 25.3 Å². The number of likely N-dealkylation sites (tertiary alicyclic amines) is 1. The Kier molecular flexibility index (Phi) is 4.30. The van der Waals surface area contributed by atoms with E-state index in [4.69, 9.17) is 4.74 Å². The van der Waals surface area contributed by atoms with Gasteiger partial charge in [-0.25, -0.2) is 0 Å². The van der Waals surface area contributed by atoms with Crippen molar-refractivity contribution in [1.29, 1.82) is 0 Å². The van der Waals surface area contributed by atoms with Gasteiger partial charge in [-0.2, -0.15) is 0 Å². The number of carbonyl (C=O) groups is 1.